The molecule has 156 valence electrons. The number of hydrogen-bond donors (Lipinski definition) is 2. The van der Waals surface area contributed by atoms with Crippen LogP contribution in [0, 0.1) is 0 Å². The first-order valence-corrected chi connectivity index (χ1v) is 11.0. The molecule has 0 aliphatic rings. The monoisotopic (exact) mass is 478 g/mol. The van der Waals surface area contributed by atoms with Crippen molar-refractivity contribution in [2.24, 2.45) is 0 Å². The highest BCUT2D eigenvalue weighted by Gasteiger charge is 2.11. The topological polar surface area (TPSA) is 59.6 Å². The Bertz CT molecular complexity index is 829. The number of amides is 1. The summed E-state index contributed by atoms with van der Waals surface area (Å²) in [7, 11) is 0. The largest absolute Gasteiger partial charge is 0.494 e. The summed E-state index contributed by atoms with van der Waals surface area (Å²) < 4.78 is 12.1. The van der Waals surface area contributed by atoms with Crippen molar-refractivity contribution in [3.63, 3.8) is 0 Å². The molecule has 0 aliphatic heterocycles. The van der Waals surface area contributed by atoms with E-state index in [2.05, 4.69) is 40.4 Å². The molecule has 0 bridgehead atoms. The molecule has 2 aromatic rings. The van der Waals surface area contributed by atoms with E-state index in [1.54, 1.807) is 18.2 Å². The van der Waals surface area contributed by atoms with E-state index in [0.717, 1.165) is 47.3 Å². The Hall–Kier alpha value is -2.12. The summed E-state index contributed by atoms with van der Waals surface area (Å²) in [6, 6.07) is 12.7. The lowest BCUT2D eigenvalue weighted by Gasteiger charge is -2.12. The second-order valence-electron chi connectivity index (χ2n) is 6.49. The zero-order chi connectivity index (χ0) is 21.1. The molecule has 2 aromatic carbocycles. The van der Waals surface area contributed by atoms with Gasteiger partial charge in [-0.1, -0.05) is 32.8 Å². The van der Waals surface area contributed by atoms with Crippen LogP contribution in [0.2, 0.25) is 0 Å². The molecule has 0 saturated carbocycles. The van der Waals surface area contributed by atoms with Crippen LogP contribution >= 0.6 is 28.1 Å². The quantitative estimate of drug-likeness (QED) is 0.327. The summed E-state index contributed by atoms with van der Waals surface area (Å²) in [4.78, 5) is 12.5. The molecule has 5 nitrogen and oxygen atoms in total. The average Bonchev–Trinajstić information content (AvgIpc) is 2.69. The molecule has 0 aromatic heterocycles. The Morgan fingerprint density at radius 2 is 1.76 bits per heavy atom. The summed E-state index contributed by atoms with van der Waals surface area (Å²) in [5.74, 6) is 1.19. The van der Waals surface area contributed by atoms with Crippen LogP contribution in [-0.2, 0) is 0 Å². The van der Waals surface area contributed by atoms with Crippen molar-refractivity contribution in [1.29, 1.82) is 0 Å². The number of nitrogens with one attached hydrogen (secondary N) is 2. The maximum Gasteiger partial charge on any atom is 0.257 e. The van der Waals surface area contributed by atoms with Crippen molar-refractivity contribution in [2.45, 2.75) is 39.5 Å². The average molecular weight is 479 g/mol. The minimum absolute atomic E-state index is 0.222. The van der Waals surface area contributed by atoms with Gasteiger partial charge in [0.2, 0.25) is 0 Å². The number of anilines is 1. The molecule has 0 spiro atoms. The van der Waals surface area contributed by atoms with E-state index < -0.39 is 0 Å². The number of rotatable bonds is 10. The van der Waals surface area contributed by atoms with Gasteiger partial charge in [-0.15, -0.1) is 0 Å². The summed E-state index contributed by atoms with van der Waals surface area (Å²) in [5.41, 5.74) is 1.24. The number of benzene rings is 2. The van der Waals surface area contributed by atoms with Gasteiger partial charge in [0.05, 0.1) is 17.7 Å². The van der Waals surface area contributed by atoms with Crippen molar-refractivity contribution < 1.29 is 14.3 Å². The normalized spacial score (nSPS) is 10.3. The minimum Gasteiger partial charge on any atom is -0.494 e. The number of thiocarbonyl (C=S) groups is 1. The van der Waals surface area contributed by atoms with Gasteiger partial charge in [0.25, 0.3) is 5.91 Å². The van der Waals surface area contributed by atoms with Crippen molar-refractivity contribution in [3.8, 4) is 11.5 Å². The predicted octanol–water partition coefficient (Wildman–Crippen LogP) is 5.93. The zero-order valence-corrected chi connectivity index (χ0v) is 19.2. The van der Waals surface area contributed by atoms with Crippen molar-refractivity contribution in [3.05, 3.63) is 52.5 Å². The molecule has 0 saturated heterocycles. The Morgan fingerprint density at radius 3 is 2.45 bits per heavy atom. The van der Waals surface area contributed by atoms with E-state index in [1.165, 1.54) is 0 Å². The standard InChI is InChI=1S/C22H27BrN2O3S/c1-3-5-12-27-18-9-7-8-17(15-18)24-22(29)25-21(26)16-10-11-20(19(23)14-16)28-13-6-4-2/h7-11,14-15H,3-6,12-13H2,1-2H3,(H2,24,25,26,29). The lowest BCUT2D eigenvalue weighted by atomic mass is 10.2. The van der Waals surface area contributed by atoms with Crippen LogP contribution in [0.1, 0.15) is 49.9 Å². The second-order valence-corrected chi connectivity index (χ2v) is 7.75. The van der Waals surface area contributed by atoms with Crippen molar-refractivity contribution in [2.75, 3.05) is 18.5 Å². The van der Waals surface area contributed by atoms with Gasteiger partial charge in [0, 0.05) is 17.3 Å². The highest BCUT2D eigenvalue weighted by atomic mass is 79.9. The fourth-order valence-corrected chi connectivity index (χ4v) is 3.13. The van der Waals surface area contributed by atoms with E-state index >= 15 is 0 Å². The smallest absolute Gasteiger partial charge is 0.257 e. The van der Waals surface area contributed by atoms with E-state index in [-0.39, 0.29) is 11.0 Å². The molecule has 0 unspecified atom stereocenters. The number of hydrogen-bond acceptors (Lipinski definition) is 4. The Morgan fingerprint density at radius 1 is 1.03 bits per heavy atom. The summed E-state index contributed by atoms with van der Waals surface area (Å²) >= 11 is 8.72. The maximum absolute atomic E-state index is 12.5. The van der Waals surface area contributed by atoms with Crippen molar-refractivity contribution >= 4 is 44.9 Å². The van der Waals surface area contributed by atoms with E-state index in [0.29, 0.717) is 18.8 Å². The van der Waals surface area contributed by atoms with Gasteiger partial charge < -0.3 is 14.8 Å². The number of unbranched alkanes of at least 4 members (excludes halogenated alkanes) is 2. The summed E-state index contributed by atoms with van der Waals surface area (Å²) in [6.07, 6.45) is 4.13. The molecular weight excluding hydrogens is 452 g/mol. The number of carbonyl (C=O) groups excluding carboxylic acids is 1. The third kappa shape index (κ3) is 8.03. The van der Waals surface area contributed by atoms with Crippen LogP contribution in [0.3, 0.4) is 0 Å². The first-order chi connectivity index (χ1) is 14.0. The van der Waals surface area contributed by atoms with E-state index in [9.17, 15) is 4.79 Å². The fraction of sp³-hybridized carbons (Fsp3) is 0.364. The predicted molar refractivity (Wildman–Crippen MR) is 125 cm³/mol. The molecule has 1 amide bonds. The van der Waals surface area contributed by atoms with Gasteiger partial charge in [0.1, 0.15) is 11.5 Å². The first-order valence-electron chi connectivity index (χ1n) is 9.81. The van der Waals surface area contributed by atoms with Crippen LogP contribution in [-0.4, -0.2) is 24.2 Å². The van der Waals surface area contributed by atoms with Gasteiger partial charge in [-0.3, -0.25) is 10.1 Å². The van der Waals surface area contributed by atoms with Gasteiger partial charge in [-0.05, 0) is 71.3 Å². The van der Waals surface area contributed by atoms with Gasteiger partial charge >= 0.3 is 0 Å². The maximum atomic E-state index is 12.5. The van der Waals surface area contributed by atoms with Crippen LogP contribution < -0.4 is 20.1 Å². The molecule has 7 heteroatoms. The Labute approximate surface area is 186 Å². The number of halogens is 1. The van der Waals surface area contributed by atoms with Gasteiger partial charge in [0.15, 0.2) is 5.11 Å². The minimum atomic E-state index is -0.293. The van der Waals surface area contributed by atoms with Crippen molar-refractivity contribution in [1.82, 2.24) is 5.32 Å². The van der Waals surface area contributed by atoms with Crippen LogP contribution in [0.5, 0.6) is 11.5 Å². The Balaban J connectivity index is 1.91. The Kier molecular flexibility index (Phi) is 9.94. The molecule has 0 radical (unpaired) electrons. The van der Waals surface area contributed by atoms with Crippen LogP contribution in [0.4, 0.5) is 5.69 Å². The van der Waals surface area contributed by atoms with Crippen LogP contribution in [0.15, 0.2) is 46.9 Å². The highest BCUT2D eigenvalue weighted by Crippen LogP contribution is 2.26. The molecule has 0 fully saturated rings. The van der Waals surface area contributed by atoms with E-state index in [4.69, 9.17) is 21.7 Å². The van der Waals surface area contributed by atoms with E-state index in [1.807, 2.05) is 24.3 Å². The third-order valence-electron chi connectivity index (χ3n) is 4.04. The molecule has 0 heterocycles. The highest BCUT2D eigenvalue weighted by molar-refractivity contribution is 9.10. The second kappa shape index (κ2) is 12.4. The lowest BCUT2D eigenvalue weighted by molar-refractivity contribution is 0.0977. The number of carbonyl (C=O) groups is 1. The third-order valence-corrected chi connectivity index (χ3v) is 4.86. The molecule has 2 rings (SSSR count). The first kappa shape index (κ1) is 23.2. The van der Waals surface area contributed by atoms with Gasteiger partial charge in [-0.2, -0.15) is 0 Å². The molecule has 0 atom stereocenters. The fourth-order valence-electron chi connectivity index (χ4n) is 2.42. The molecule has 29 heavy (non-hydrogen) atoms. The summed E-state index contributed by atoms with van der Waals surface area (Å²) in [6.45, 7) is 5.55. The summed E-state index contributed by atoms with van der Waals surface area (Å²) in [5, 5.41) is 5.93. The SMILES string of the molecule is CCCCOc1cccc(NC(=S)NC(=O)c2ccc(OCCCC)c(Br)c2)c1. The molecular formula is C22H27BrN2O3S. The zero-order valence-electron chi connectivity index (χ0n) is 16.8. The molecule has 2 N–H and O–H groups in total. The lowest BCUT2D eigenvalue weighted by Crippen LogP contribution is -2.34. The number of ether oxygens (including phenoxy) is 2. The van der Waals surface area contributed by atoms with Gasteiger partial charge in [-0.25, -0.2) is 0 Å². The molecule has 0 aliphatic carbocycles. The van der Waals surface area contributed by atoms with Crippen LogP contribution in [0.25, 0.3) is 0 Å².